The molecule has 1 heterocycles. The molecule has 0 spiro atoms. The molecule has 2 rings (SSSR count). The average molecular weight is 263 g/mol. The standard InChI is InChI=1S/C13H14FN3O2/c1-3-6-11-12(13(18)19-2)15-16-17(11)10-8-5-4-7-9(10)14/h4-5,7-8H,3,6H2,1-2H3. The second-order valence-electron chi connectivity index (χ2n) is 3.99. The molecule has 1 aromatic heterocycles. The van der Waals surface area contributed by atoms with Gasteiger partial charge in [-0.15, -0.1) is 5.10 Å². The molecule has 0 unspecified atom stereocenters. The van der Waals surface area contributed by atoms with Crippen LogP contribution in [-0.4, -0.2) is 28.1 Å². The van der Waals surface area contributed by atoms with E-state index in [2.05, 4.69) is 15.0 Å². The Balaban J connectivity index is 2.55. The SMILES string of the molecule is CCCc1c(C(=O)OC)nnn1-c1ccccc1F. The predicted octanol–water partition coefficient (Wildman–Crippen LogP) is 2.15. The van der Waals surface area contributed by atoms with E-state index in [0.29, 0.717) is 12.1 Å². The summed E-state index contributed by atoms with van der Waals surface area (Å²) in [4.78, 5) is 11.6. The molecule has 19 heavy (non-hydrogen) atoms. The zero-order valence-corrected chi connectivity index (χ0v) is 10.8. The van der Waals surface area contributed by atoms with Gasteiger partial charge in [-0.3, -0.25) is 0 Å². The van der Waals surface area contributed by atoms with Gasteiger partial charge in [0.15, 0.2) is 5.69 Å². The first-order valence-corrected chi connectivity index (χ1v) is 5.96. The van der Waals surface area contributed by atoms with E-state index in [4.69, 9.17) is 0 Å². The third kappa shape index (κ3) is 2.47. The number of carbonyl (C=O) groups excluding carboxylic acids is 1. The molecule has 0 aliphatic heterocycles. The number of benzene rings is 1. The highest BCUT2D eigenvalue weighted by atomic mass is 19.1. The van der Waals surface area contributed by atoms with Gasteiger partial charge in [0.2, 0.25) is 0 Å². The van der Waals surface area contributed by atoms with E-state index in [1.165, 1.54) is 17.9 Å². The van der Waals surface area contributed by atoms with Gasteiger partial charge in [-0.1, -0.05) is 30.7 Å². The second-order valence-corrected chi connectivity index (χ2v) is 3.99. The third-order valence-electron chi connectivity index (χ3n) is 2.71. The van der Waals surface area contributed by atoms with Crippen LogP contribution in [0.2, 0.25) is 0 Å². The minimum atomic E-state index is -0.564. The lowest BCUT2D eigenvalue weighted by molar-refractivity contribution is 0.0592. The van der Waals surface area contributed by atoms with Crippen LogP contribution in [0, 0.1) is 5.82 Å². The lowest BCUT2D eigenvalue weighted by atomic mass is 10.2. The van der Waals surface area contributed by atoms with Crippen LogP contribution in [0.5, 0.6) is 0 Å². The van der Waals surface area contributed by atoms with Crippen LogP contribution in [0.25, 0.3) is 5.69 Å². The molecule has 2 aromatic rings. The number of para-hydroxylation sites is 1. The first-order valence-electron chi connectivity index (χ1n) is 5.96. The predicted molar refractivity (Wildman–Crippen MR) is 66.7 cm³/mol. The van der Waals surface area contributed by atoms with Crippen molar-refractivity contribution in [1.29, 1.82) is 0 Å². The smallest absolute Gasteiger partial charge is 0.360 e. The molecule has 0 saturated carbocycles. The fraction of sp³-hybridized carbons (Fsp3) is 0.308. The summed E-state index contributed by atoms with van der Waals surface area (Å²) in [5.41, 5.74) is 0.959. The summed E-state index contributed by atoms with van der Waals surface area (Å²) in [7, 11) is 1.28. The largest absolute Gasteiger partial charge is 0.464 e. The van der Waals surface area contributed by atoms with E-state index in [9.17, 15) is 9.18 Å². The Morgan fingerprint density at radius 2 is 2.16 bits per heavy atom. The maximum Gasteiger partial charge on any atom is 0.360 e. The van der Waals surface area contributed by atoms with Gasteiger partial charge in [0, 0.05) is 0 Å². The van der Waals surface area contributed by atoms with Crippen molar-refractivity contribution in [2.24, 2.45) is 0 Å². The molecule has 0 aliphatic carbocycles. The van der Waals surface area contributed by atoms with Crippen LogP contribution in [0.3, 0.4) is 0 Å². The molecule has 1 aromatic carbocycles. The number of rotatable bonds is 4. The minimum Gasteiger partial charge on any atom is -0.464 e. The molecule has 0 saturated heterocycles. The summed E-state index contributed by atoms with van der Waals surface area (Å²) in [6, 6.07) is 6.22. The Kier molecular flexibility index (Phi) is 3.89. The summed E-state index contributed by atoms with van der Waals surface area (Å²) in [6.45, 7) is 1.96. The lowest BCUT2D eigenvalue weighted by Gasteiger charge is -2.07. The van der Waals surface area contributed by atoms with Gasteiger partial charge < -0.3 is 4.74 Å². The number of halogens is 1. The first kappa shape index (κ1) is 13.2. The summed E-state index contributed by atoms with van der Waals surface area (Å²) in [6.07, 6.45) is 1.34. The molecule has 0 amide bonds. The average Bonchev–Trinajstić information content (AvgIpc) is 2.82. The van der Waals surface area contributed by atoms with Crippen LogP contribution in [0.15, 0.2) is 24.3 Å². The number of nitrogens with zero attached hydrogens (tertiary/aromatic N) is 3. The second kappa shape index (κ2) is 5.60. The number of hydrogen-bond donors (Lipinski definition) is 0. The van der Waals surface area contributed by atoms with Crippen molar-refractivity contribution in [3.05, 3.63) is 41.5 Å². The van der Waals surface area contributed by atoms with Gasteiger partial charge in [0.1, 0.15) is 11.5 Å². The van der Waals surface area contributed by atoms with Gasteiger partial charge in [-0.25, -0.2) is 13.9 Å². The topological polar surface area (TPSA) is 57.0 Å². The number of hydrogen-bond acceptors (Lipinski definition) is 4. The van der Waals surface area contributed by atoms with Gasteiger partial charge >= 0.3 is 5.97 Å². The van der Waals surface area contributed by atoms with Crippen molar-refractivity contribution >= 4 is 5.97 Å². The van der Waals surface area contributed by atoms with Crippen molar-refractivity contribution < 1.29 is 13.9 Å². The van der Waals surface area contributed by atoms with E-state index in [-0.39, 0.29) is 11.4 Å². The molecule has 6 heteroatoms. The third-order valence-corrected chi connectivity index (χ3v) is 2.71. The minimum absolute atomic E-state index is 0.132. The normalized spacial score (nSPS) is 10.5. The first-order chi connectivity index (χ1) is 9.19. The van der Waals surface area contributed by atoms with Crippen LogP contribution >= 0.6 is 0 Å². The van der Waals surface area contributed by atoms with Crippen molar-refractivity contribution in [3.63, 3.8) is 0 Å². The monoisotopic (exact) mass is 263 g/mol. The molecule has 0 atom stereocenters. The molecule has 0 fully saturated rings. The van der Waals surface area contributed by atoms with Gasteiger partial charge in [-0.05, 0) is 18.6 Å². The van der Waals surface area contributed by atoms with E-state index in [0.717, 1.165) is 6.42 Å². The Labute approximate surface area is 110 Å². The van der Waals surface area contributed by atoms with Gasteiger partial charge in [-0.2, -0.15) is 0 Å². The summed E-state index contributed by atoms with van der Waals surface area (Å²) in [5.74, 6) is -0.979. The van der Waals surface area contributed by atoms with E-state index in [1.807, 2.05) is 6.92 Å². The fourth-order valence-electron chi connectivity index (χ4n) is 1.83. The Hall–Kier alpha value is -2.24. The summed E-state index contributed by atoms with van der Waals surface area (Å²) in [5, 5.41) is 7.66. The molecule has 0 aliphatic rings. The zero-order chi connectivity index (χ0) is 13.8. The van der Waals surface area contributed by atoms with E-state index < -0.39 is 11.8 Å². The van der Waals surface area contributed by atoms with Crippen LogP contribution in [-0.2, 0) is 11.2 Å². The van der Waals surface area contributed by atoms with Crippen molar-refractivity contribution in [2.45, 2.75) is 19.8 Å². The highest BCUT2D eigenvalue weighted by molar-refractivity contribution is 5.88. The molecular weight excluding hydrogens is 249 g/mol. The highest BCUT2D eigenvalue weighted by Crippen LogP contribution is 2.18. The Morgan fingerprint density at radius 3 is 2.79 bits per heavy atom. The highest BCUT2D eigenvalue weighted by Gasteiger charge is 2.21. The molecule has 0 bridgehead atoms. The maximum atomic E-state index is 13.8. The number of ether oxygens (including phenoxy) is 1. The summed E-state index contributed by atoms with van der Waals surface area (Å²) < 4.78 is 19.8. The Bertz CT molecular complexity index is 595. The van der Waals surface area contributed by atoms with Crippen molar-refractivity contribution in [2.75, 3.05) is 7.11 Å². The number of methoxy groups -OCH3 is 1. The molecule has 0 N–H and O–H groups in total. The number of carbonyl (C=O) groups is 1. The van der Waals surface area contributed by atoms with E-state index in [1.54, 1.807) is 18.2 Å². The van der Waals surface area contributed by atoms with Crippen LogP contribution < -0.4 is 0 Å². The number of esters is 1. The van der Waals surface area contributed by atoms with E-state index >= 15 is 0 Å². The fourth-order valence-corrected chi connectivity index (χ4v) is 1.83. The molecule has 5 nitrogen and oxygen atoms in total. The van der Waals surface area contributed by atoms with Crippen molar-refractivity contribution in [1.82, 2.24) is 15.0 Å². The molecule has 0 radical (unpaired) electrons. The molecular formula is C13H14FN3O2. The van der Waals surface area contributed by atoms with Crippen LogP contribution in [0.4, 0.5) is 4.39 Å². The van der Waals surface area contributed by atoms with Crippen molar-refractivity contribution in [3.8, 4) is 5.69 Å². The van der Waals surface area contributed by atoms with Gasteiger partial charge in [0.05, 0.1) is 12.8 Å². The zero-order valence-electron chi connectivity index (χ0n) is 10.8. The maximum absolute atomic E-state index is 13.8. The molecule has 100 valence electrons. The van der Waals surface area contributed by atoms with Gasteiger partial charge in [0.25, 0.3) is 0 Å². The Morgan fingerprint density at radius 1 is 1.42 bits per heavy atom. The lowest BCUT2D eigenvalue weighted by Crippen LogP contribution is -2.09. The quantitative estimate of drug-likeness (QED) is 0.793. The van der Waals surface area contributed by atoms with Crippen LogP contribution in [0.1, 0.15) is 29.5 Å². The number of aromatic nitrogens is 3. The summed E-state index contributed by atoms with van der Waals surface area (Å²) >= 11 is 0.